The first-order chi connectivity index (χ1) is 13.6. The number of rotatable bonds is 5. The molecular formula is C21H19N5O2. The first-order valence-electron chi connectivity index (χ1n) is 8.89. The summed E-state index contributed by atoms with van der Waals surface area (Å²) >= 11 is 0. The number of benzene rings is 1. The maximum absolute atomic E-state index is 12.6. The van der Waals surface area contributed by atoms with Gasteiger partial charge in [-0.2, -0.15) is 5.10 Å². The molecule has 1 aromatic carbocycles. The van der Waals surface area contributed by atoms with E-state index in [0.29, 0.717) is 23.0 Å². The number of hydrogen-bond donors (Lipinski definition) is 1. The molecule has 0 aliphatic rings. The number of ether oxygens (including phenoxy) is 1. The smallest absolute Gasteiger partial charge is 0.272 e. The van der Waals surface area contributed by atoms with Crippen LogP contribution in [0.25, 0.3) is 5.65 Å². The van der Waals surface area contributed by atoms with Crippen molar-refractivity contribution in [3.8, 4) is 11.6 Å². The lowest BCUT2D eigenvalue weighted by Gasteiger charge is -2.10. The summed E-state index contributed by atoms with van der Waals surface area (Å²) in [6.07, 6.45) is 1.66. The van der Waals surface area contributed by atoms with Crippen molar-refractivity contribution in [1.29, 1.82) is 0 Å². The molecule has 0 bridgehead atoms. The lowest BCUT2D eigenvalue weighted by Crippen LogP contribution is -2.23. The molecule has 0 aliphatic heterocycles. The lowest BCUT2D eigenvalue weighted by atomic mass is 10.2. The van der Waals surface area contributed by atoms with Gasteiger partial charge in [-0.25, -0.2) is 14.5 Å². The highest BCUT2D eigenvalue weighted by Gasteiger charge is 2.14. The van der Waals surface area contributed by atoms with Crippen LogP contribution in [0.2, 0.25) is 0 Å². The number of aryl methyl sites for hydroxylation is 2. The first-order valence-corrected chi connectivity index (χ1v) is 8.89. The van der Waals surface area contributed by atoms with Crippen LogP contribution in [0.3, 0.4) is 0 Å². The number of carbonyl (C=O) groups excluding carboxylic acids is 1. The minimum Gasteiger partial charge on any atom is -0.439 e. The van der Waals surface area contributed by atoms with Crippen molar-refractivity contribution in [2.45, 2.75) is 20.4 Å². The third-order valence-electron chi connectivity index (χ3n) is 4.21. The molecule has 28 heavy (non-hydrogen) atoms. The molecule has 0 saturated carbocycles. The van der Waals surface area contributed by atoms with E-state index in [4.69, 9.17) is 4.74 Å². The highest BCUT2D eigenvalue weighted by Crippen LogP contribution is 2.22. The van der Waals surface area contributed by atoms with E-state index in [1.807, 2.05) is 56.3 Å². The molecule has 0 atom stereocenters. The normalized spacial score (nSPS) is 10.8. The first kappa shape index (κ1) is 17.7. The lowest BCUT2D eigenvalue weighted by molar-refractivity contribution is 0.0945. The predicted octanol–water partition coefficient (Wildman–Crippen LogP) is 3.46. The average Bonchev–Trinajstić information content (AvgIpc) is 3.12. The van der Waals surface area contributed by atoms with Crippen molar-refractivity contribution in [2.75, 3.05) is 0 Å². The molecule has 0 radical (unpaired) electrons. The molecule has 4 aromatic rings. The van der Waals surface area contributed by atoms with Crippen LogP contribution in [0.1, 0.15) is 27.4 Å². The van der Waals surface area contributed by atoms with Crippen LogP contribution >= 0.6 is 0 Å². The number of fused-ring (bicyclic) bond motifs is 1. The fourth-order valence-corrected chi connectivity index (χ4v) is 2.91. The minimum absolute atomic E-state index is 0.272. The molecule has 1 amide bonds. The second kappa shape index (κ2) is 7.48. The summed E-state index contributed by atoms with van der Waals surface area (Å²) in [7, 11) is 0. The van der Waals surface area contributed by atoms with Crippen molar-refractivity contribution in [3.63, 3.8) is 0 Å². The molecule has 1 N–H and O–H groups in total. The van der Waals surface area contributed by atoms with Gasteiger partial charge in [0.05, 0.1) is 0 Å². The standard InChI is InChI=1S/C21H19N5O2/c1-14-11-15(2)26-19(24-14)12-18(25-26)20(27)23-13-16-7-6-10-22-21(16)28-17-8-4-3-5-9-17/h3-12H,13H2,1-2H3,(H,23,27). The van der Waals surface area contributed by atoms with Crippen LogP contribution in [0.5, 0.6) is 11.6 Å². The van der Waals surface area contributed by atoms with Crippen molar-refractivity contribution < 1.29 is 9.53 Å². The quantitative estimate of drug-likeness (QED) is 0.579. The third kappa shape index (κ3) is 3.68. The Morgan fingerprint density at radius 2 is 1.93 bits per heavy atom. The van der Waals surface area contributed by atoms with Gasteiger partial charge in [0, 0.05) is 35.8 Å². The van der Waals surface area contributed by atoms with Gasteiger partial charge in [0.1, 0.15) is 5.75 Å². The minimum atomic E-state index is -0.280. The van der Waals surface area contributed by atoms with Crippen molar-refractivity contribution in [2.24, 2.45) is 0 Å². The average molecular weight is 373 g/mol. The highest BCUT2D eigenvalue weighted by molar-refractivity contribution is 5.93. The summed E-state index contributed by atoms with van der Waals surface area (Å²) in [6, 6.07) is 16.7. The summed E-state index contributed by atoms with van der Waals surface area (Å²) in [4.78, 5) is 21.3. The molecule has 0 spiro atoms. The van der Waals surface area contributed by atoms with E-state index in [9.17, 15) is 4.79 Å². The zero-order valence-electron chi connectivity index (χ0n) is 15.6. The Bertz CT molecular complexity index is 1140. The van der Waals surface area contributed by atoms with Crippen LogP contribution in [-0.4, -0.2) is 25.5 Å². The highest BCUT2D eigenvalue weighted by atomic mass is 16.5. The predicted molar refractivity (Wildman–Crippen MR) is 104 cm³/mol. The summed E-state index contributed by atoms with van der Waals surface area (Å²) < 4.78 is 7.49. The molecular weight excluding hydrogens is 354 g/mol. The Kier molecular flexibility index (Phi) is 4.72. The number of aromatic nitrogens is 4. The van der Waals surface area contributed by atoms with Crippen molar-refractivity contribution in [1.82, 2.24) is 24.9 Å². The molecule has 0 fully saturated rings. The summed E-state index contributed by atoms with van der Waals surface area (Å²) in [5.74, 6) is 0.861. The van der Waals surface area contributed by atoms with Crippen LogP contribution < -0.4 is 10.1 Å². The van der Waals surface area contributed by atoms with E-state index in [1.54, 1.807) is 22.8 Å². The Morgan fingerprint density at radius 3 is 2.75 bits per heavy atom. The van der Waals surface area contributed by atoms with E-state index in [0.717, 1.165) is 17.0 Å². The summed E-state index contributed by atoms with van der Waals surface area (Å²) in [5.41, 5.74) is 3.55. The monoisotopic (exact) mass is 373 g/mol. The van der Waals surface area contributed by atoms with Gasteiger partial charge in [-0.3, -0.25) is 4.79 Å². The third-order valence-corrected chi connectivity index (χ3v) is 4.21. The molecule has 4 rings (SSSR count). The number of hydrogen-bond acceptors (Lipinski definition) is 5. The Hall–Kier alpha value is -3.74. The van der Waals surface area contributed by atoms with Crippen LogP contribution in [0.15, 0.2) is 60.8 Å². The van der Waals surface area contributed by atoms with E-state index < -0.39 is 0 Å². The molecule has 140 valence electrons. The molecule has 7 nitrogen and oxygen atoms in total. The van der Waals surface area contributed by atoms with Gasteiger partial charge in [0.2, 0.25) is 5.88 Å². The van der Waals surface area contributed by atoms with Gasteiger partial charge in [-0.15, -0.1) is 0 Å². The maximum atomic E-state index is 12.6. The topological polar surface area (TPSA) is 81.4 Å². The largest absolute Gasteiger partial charge is 0.439 e. The van der Waals surface area contributed by atoms with E-state index in [2.05, 4.69) is 20.4 Å². The second-order valence-electron chi connectivity index (χ2n) is 6.40. The summed E-state index contributed by atoms with van der Waals surface area (Å²) in [6.45, 7) is 4.11. The van der Waals surface area contributed by atoms with Crippen molar-refractivity contribution >= 4 is 11.6 Å². The zero-order valence-corrected chi connectivity index (χ0v) is 15.6. The fourth-order valence-electron chi connectivity index (χ4n) is 2.91. The molecule has 7 heteroatoms. The zero-order chi connectivity index (χ0) is 19.5. The second-order valence-corrected chi connectivity index (χ2v) is 6.40. The number of carbonyl (C=O) groups is 1. The van der Waals surface area contributed by atoms with Crippen molar-refractivity contribution in [3.05, 3.63) is 83.4 Å². The number of nitrogens with one attached hydrogen (secondary N) is 1. The maximum Gasteiger partial charge on any atom is 0.272 e. The molecule has 0 unspecified atom stereocenters. The fraction of sp³-hybridized carbons (Fsp3) is 0.143. The Morgan fingerprint density at radius 1 is 1.11 bits per heavy atom. The van der Waals surface area contributed by atoms with Gasteiger partial charge < -0.3 is 10.1 Å². The number of nitrogens with zero attached hydrogens (tertiary/aromatic N) is 4. The molecule has 3 aromatic heterocycles. The van der Waals surface area contributed by atoms with E-state index in [-0.39, 0.29) is 12.5 Å². The Labute approximate surface area is 162 Å². The molecule has 3 heterocycles. The van der Waals surface area contributed by atoms with Crippen LogP contribution in [0.4, 0.5) is 0 Å². The molecule has 0 aliphatic carbocycles. The van der Waals surface area contributed by atoms with Crippen LogP contribution in [0, 0.1) is 13.8 Å². The van der Waals surface area contributed by atoms with E-state index >= 15 is 0 Å². The van der Waals surface area contributed by atoms with Gasteiger partial charge >= 0.3 is 0 Å². The number of para-hydroxylation sites is 1. The van der Waals surface area contributed by atoms with Gasteiger partial charge in [-0.05, 0) is 38.1 Å². The number of amides is 1. The van der Waals surface area contributed by atoms with Gasteiger partial charge in [0.25, 0.3) is 5.91 Å². The number of pyridine rings is 1. The van der Waals surface area contributed by atoms with Crippen LogP contribution in [-0.2, 0) is 6.54 Å². The SMILES string of the molecule is Cc1cc(C)n2nc(C(=O)NCc3cccnc3Oc3ccccc3)cc2n1. The van der Waals surface area contributed by atoms with Gasteiger partial charge in [-0.1, -0.05) is 24.3 Å². The summed E-state index contributed by atoms with van der Waals surface area (Å²) in [5, 5.41) is 7.22. The Balaban J connectivity index is 1.50. The molecule has 0 saturated heterocycles. The van der Waals surface area contributed by atoms with E-state index in [1.165, 1.54) is 0 Å². The van der Waals surface area contributed by atoms with Gasteiger partial charge in [0.15, 0.2) is 11.3 Å².